The van der Waals surface area contributed by atoms with Crippen LogP contribution in [0.3, 0.4) is 0 Å². The van der Waals surface area contributed by atoms with Gasteiger partial charge in [0.1, 0.15) is 5.78 Å². The number of hydrogen-bond donors (Lipinski definition) is 0. The second-order valence-electron chi connectivity index (χ2n) is 2.83. The minimum atomic E-state index is 0.287. The molecule has 1 aliphatic carbocycles. The van der Waals surface area contributed by atoms with E-state index in [9.17, 15) is 4.79 Å². The molecule has 1 atom stereocenters. The molecule has 0 saturated heterocycles. The van der Waals surface area contributed by atoms with Gasteiger partial charge in [-0.2, -0.15) is 0 Å². The summed E-state index contributed by atoms with van der Waals surface area (Å²) in [5.74, 6) is 0.654. The van der Waals surface area contributed by atoms with Gasteiger partial charge in [0.25, 0.3) is 0 Å². The molecule has 50 valence electrons. The Morgan fingerprint density at radius 3 is 2.78 bits per heavy atom. The molecule has 0 aromatic rings. The predicted molar refractivity (Wildman–Crippen MR) is 37.2 cm³/mol. The molecule has 0 heterocycles. The molecule has 0 N–H and O–H groups in total. The van der Waals surface area contributed by atoms with Gasteiger partial charge in [-0.05, 0) is 12.8 Å². The number of allylic oxidation sites excluding steroid dienone is 1. The summed E-state index contributed by atoms with van der Waals surface area (Å²) in [6, 6.07) is 0. The Kier molecular flexibility index (Phi) is 1.70. The van der Waals surface area contributed by atoms with Gasteiger partial charge in [0.2, 0.25) is 0 Å². The Morgan fingerprint density at radius 1 is 1.67 bits per heavy atom. The van der Waals surface area contributed by atoms with E-state index >= 15 is 0 Å². The van der Waals surface area contributed by atoms with Crippen molar-refractivity contribution in [3.8, 4) is 0 Å². The maximum Gasteiger partial charge on any atom is 0.139 e. The van der Waals surface area contributed by atoms with Crippen LogP contribution in [0.2, 0.25) is 0 Å². The van der Waals surface area contributed by atoms with Crippen molar-refractivity contribution in [3.05, 3.63) is 12.2 Å². The third-order valence-electron chi connectivity index (χ3n) is 1.90. The molecule has 0 aliphatic heterocycles. The fourth-order valence-corrected chi connectivity index (χ4v) is 1.09. The second kappa shape index (κ2) is 2.34. The van der Waals surface area contributed by atoms with Crippen molar-refractivity contribution in [1.82, 2.24) is 0 Å². The van der Waals surface area contributed by atoms with Gasteiger partial charge in [0.15, 0.2) is 0 Å². The van der Waals surface area contributed by atoms with Crippen LogP contribution in [0.1, 0.15) is 26.2 Å². The second-order valence-corrected chi connectivity index (χ2v) is 2.83. The first-order valence-electron chi connectivity index (χ1n) is 3.39. The fourth-order valence-electron chi connectivity index (χ4n) is 1.09. The standard InChI is InChI=1S/C8H12O/c1-6-3-4-7(2)8(9)5-6/h7H,1,3-5H2,2H3/t7-/m0/s1. The van der Waals surface area contributed by atoms with Gasteiger partial charge in [-0.15, -0.1) is 0 Å². The van der Waals surface area contributed by atoms with Crippen molar-refractivity contribution in [3.63, 3.8) is 0 Å². The third kappa shape index (κ3) is 1.41. The van der Waals surface area contributed by atoms with Crippen molar-refractivity contribution < 1.29 is 4.79 Å². The molecule has 1 aliphatic rings. The van der Waals surface area contributed by atoms with Gasteiger partial charge >= 0.3 is 0 Å². The lowest BCUT2D eigenvalue weighted by atomic mass is 9.87. The quantitative estimate of drug-likeness (QED) is 0.451. The molecule has 0 bridgehead atoms. The van der Waals surface area contributed by atoms with Crippen LogP contribution in [-0.4, -0.2) is 5.78 Å². The molecule has 1 fully saturated rings. The summed E-state index contributed by atoms with van der Waals surface area (Å²) in [6.07, 6.45) is 2.69. The van der Waals surface area contributed by atoms with E-state index in [0.717, 1.165) is 18.4 Å². The van der Waals surface area contributed by atoms with E-state index < -0.39 is 0 Å². The first kappa shape index (κ1) is 6.53. The molecule has 0 unspecified atom stereocenters. The average molecular weight is 124 g/mol. The highest BCUT2D eigenvalue weighted by Gasteiger charge is 2.18. The Hall–Kier alpha value is -0.590. The van der Waals surface area contributed by atoms with E-state index in [1.54, 1.807) is 0 Å². The number of rotatable bonds is 0. The zero-order valence-electron chi connectivity index (χ0n) is 5.81. The largest absolute Gasteiger partial charge is 0.299 e. The first-order valence-corrected chi connectivity index (χ1v) is 3.39. The normalized spacial score (nSPS) is 28.8. The fraction of sp³-hybridized carbons (Fsp3) is 0.625. The summed E-state index contributed by atoms with van der Waals surface area (Å²) in [7, 11) is 0. The minimum Gasteiger partial charge on any atom is -0.299 e. The molecular formula is C8H12O. The Bertz CT molecular complexity index is 147. The molecule has 0 spiro atoms. The molecule has 1 heteroatoms. The van der Waals surface area contributed by atoms with E-state index in [0.29, 0.717) is 12.2 Å². The van der Waals surface area contributed by atoms with Crippen LogP contribution in [0.5, 0.6) is 0 Å². The smallest absolute Gasteiger partial charge is 0.139 e. The van der Waals surface area contributed by atoms with Gasteiger partial charge < -0.3 is 0 Å². The van der Waals surface area contributed by atoms with Crippen molar-refractivity contribution in [2.75, 3.05) is 0 Å². The highest BCUT2D eigenvalue weighted by molar-refractivity contribution is 5.83. The molecule has 1 nitrogen and oxygen atoms in total. The van der Waals surface area contributed by atoms with Crippen molar-refractivity contribution in [2.45, 2.75) is 26.2 Å². The van der Waals surface area contributed by atoms with Gasteiger partial charge in [0, 0.05) is 12.3 Å². The van der Waals surface area contributed by atoms with Gasteiger partial charge in [-0.25, -0.2) is 0 Å². The monoisotopic (exact) mass is 124 g/mol. The van der Waals surface area contributed by atoms with Crippen molar-refractivity contribution in [1.29, 1.82) is 0 Å². The number of Topliss-reactive ketones (excluding diaryl/α,β-unsaturated/α-hetero) is 1. The van der Waals surface area contributed by atoms with Crippen LogP contribution >= 0.6 is 0 Å². The summed E-state index contributed by atoms with van der Waals surface area (Å²) in [5.41, 5.74) is 1.11. The van der Waals surface area contributed by atoms with Gasteiger partial charge in [-0.1, -0.05) is 19.1 Å². The van der Waals surface area contributed by atoms with E-state index in [1.165, 1.54) is 0 Å². The van der Waals surface area contributed by atoms with Gasteiger partial charge in [-0.3, -0.25) is 4.79 Å². The molecule has 0 amide bonds. The van der Waals surface area contributed by atoms with E-state index in [1.807, 2.05) is 6.92 Å². The number of carbonyl (C=O) groups excluding carboxylic acids is 1. The van der Waals surface area contributed by atoms with Gasteiger partial charge in [0.05, 0.1) is 0 Å². The summed E-state index contributed by atoms with van der Waals surface area (Å²) in [4.78, 5) is 10.9. The van der Waals surface area contributed by atoms with E-state index in [2.05, 4.69) is 6.58 Å². The molecule has 1 saturated carbocycles. The summed E-state index contributed by atoms with van der Waals surface area (Å²) >= 11 is 0. The molecule has 9 heavy (non-hydrogen) atoms. The number of hydrogen-bond acceptors (Lipinski definition) is 1. The Morgan fingerprint density at radius 2 is 2.33 bits per heavy atom. The highest BCUT2D eigenvalue weighted by atomic mass is 16.1. The van der Waals surface area contributed by atoms with Crippen LogP contribution in [0.15, 0.2) is 12.2 Å². The van der Waals surface area contributed by atoms with E-state index in [4.69, 9.17) is 0 Å². The average Bonchev–Trinajstić information content (AvgIpc) is 1.80. The minimum absolute atomic E-state index is 0.287. The SMILES string of the molecule is C=C1CC[C@H](C)C(=O)C1. The highest BCUT2D eigenvalue weighted by Crippen LogP contribution is 2.22. The lowest BCUT2D eigenvalue weighted by Crippen LogP contribution is -2.16. The zero-order chi connectivity index (χ0) is 6.85. The summed E-state index contributed by atoms with van der Waals surface area (Å²) < 4.78 is 0. The molecule has 0 aromatic carbocycles. The maximum absolute atomic E-state index is 10.9. The van der Waals surface area contributed by atoms with Crippen molar-refractivity contribution >= 4 is 5.78 Å². The lowest BCUT2D eigenvalue weighted by molar-refractivity contribution is -0.122. The molecule has 0 aromatic heterocycles. The predicted octanol–water partition coefficient (Wildman–Crippen LogP) is 1.93. The Balaban J connectivity index is 2.54. The van der Waals surface area contributed by atoms with Crippen LogP contribution in [0, 0.1) is 5.92 Å². The number of carbonyl (C=O) groups is 1. The molecule has 0 radical (unpaired) electrons. The maximum atomic E-state index is 10.9. The topological polar surface area (TPSA) is 17.1 Å². The third-order valence-corrected chi connectivity index (χ3v) is 1.90. The molecule has 1 rings (SSSR count). The van der Waals surface area contributed by atoms with Crippen LogP contribution in [0.25, 0.3) is 0 Å². The molecular weight excluding hydrogens is 112 g/mol. The summed E-state index contributed by atoms with van der Waals surface area (Å²) in [6.45, 7) is 5.77. The van der Waals surface area contributed by atoms with Crippen LogP contribution in [-0.2, 0) is 4.79 Å². The number of ketones is 1. The Labute approximate surface area is 55.8 Å². The van der Waals surface area contributed by atoms with E-state index in [-0.39, 0.29) is 5.92 Å². The summed E-state index contributed by atoms with van der Waals surface area (Å²) in [5, 5.41) is 0. The van der Waals surface area contributed by atoms with Crippen LogP contribution in [0.4, 0.5) is 0 Å². The zero-order valence-corrected chi connectivity index (χ0v) is 5.81. The first-order chi connectivity index (χ1) is 4.20. The lowest BCUT2D eigenvalue weighted by Gasteiger charge is -2.17. The van der Waals surface area contributed by atoms with Crippen molar-refractivity contribution in [2.24, 2.45) is 5.92 Å². The van der Waals surface area contributed by atoms with Crippen LogP contribution < -0.4 is 0 Å².